The third kappa shape index (κ3) is 3.82. The monoisotopic (exact) mass is 330 g/mol. The van der Waals surface area contributed by atoms with Gasteiger partial charge >= 0.3 is 0 Å². The second-order valence-electron chi connectivity index (χ2n) is 4.33. The van der Waals surface area contributed by atoms with E-state index >= 15 is 0 Å². The van der Waals surface area contributed by atoms with Gasteiger partial charge in [0, 0.05) is 10.6 Å². The molecule has 1 fully saturated rings. The Hall–Kier alpha value is -0.350. The van der Waals surface area contributed by atoms with E-state index in [1.807, 2.05) is 43.0 Å². The maximum atomic E-state index is 5.84. The van der Waals surface area contributed by atoms with Crippen LogP contribution in [0.25, 0.3) is 0 Å². The average molecular weight is 331 g/mol. The van der Waals surface area contributed by atoms with Gasteiger partial charge in [-0.2, -0.15) is 11.8 Å². The van der Waals surface area contributed by atoms with Gasteiger partial charge in [0.15, 0.2) is 11.5 Å². The normalized spacial score (nSPS) is 23.0. The molecule has 100 valence electrons. The predicted octanol–water partition coefficient (Wildman–Crippen LogP) is 3.98. The fraction of sp³-hybridized carbons (Fsp3) is 0.571. The first-order valence-corrected chi connectivity index (χ1v) is 8.44. The molecular weight excluding hydrogens is 312 g/mol. The molecule has 1 aliphatic rings. The van der Waals surface area contributed by atoms with Crippen molar-refractivity contribution in [1.29, 1.82) is 0 Å². The molecule has 0 aromatic heterocycles. The van der Waals surface area contributed by atoms with Crippen LogP contribution in [0.2, 0.25) is 0 Å². The average Bonchev–Trinajstić information content (AvgIpc) is 2.78. The van der Waals surface area contributed by atoms with Gasteiger partial charge < -0.3 is 9.47 Å². The Morgan fingerprint density at radius 2 is 1.94 bits per heavy atom. The van der Waals surface area contributed by atoms with E-state index in [-0.39, 0.29) is 0 Å². The molecule has 2 unspecified atom stereocenters. The lowest BCUT2D eigenvalue weighted by molar-refractivity contribution is 0.260. The highest BCUT2D eigenvalue weighted by Crippen LogP contribution is 2.33. The van der Waals surface area contributed by atoms with Crippen LogP contribution in [-0.4, -0.2) is 29.5 Å². The number of halogens is 1. The SMILES string of the molecule is CCOc1ccccc1OCCC1CSCC1Br. The van der Waals surface area contributed by atoms with Crippen molar-refractivity contribution in [3.8, 4) is 11.5 Å². The lowest BCUT2D eigenvalue weighted by Crippen LogP contribution is -2.15. The molecule has 4 heteroatoms. The Labute approximate surface area is 122 Å². The van der Waals surface area contributed by atoms with Crippen LogP contribution < -0.4 is 9.47 Å². The number of alkyl halides is 1. The molecule has 1 aliphatic heterocycles. The number of thioether (sulfide) groups is 1. The summed E-state index contributed by atoms with van der Waals surface area (Å²) in [5, 5.41) is 0. The van der Waals surface area contributed by atoms with Gasteiger partial charge in [-0.25, -0.2) is 0 Å². The first-order chi connectivity index (χ1) is 8.81. The molecule has 0 aliphatic carbocycles. The molecule has 18 heavy (non-hydrogen) atoms. The number of hydrogen-bond donors (Lipinski definition) is 0. The lowest BCUT2D eigenvalue weighted by atomic mass is 10.1. The molecule has 1 aromatic rings. The van der Waals surface area contributed by atoms with Crippen LogP contribution in [0.15, 0.2) is 24.3 Å². The minimum atomic E-state index is 0.647. The van der Waals surface area contributed by atoms with Crippen molar-refractivity contribution in [2.75, 3.05) is 24.7 Å². The molecule has 0 N–H and O–H groups in total. The fourth-order valence-corrected chi connectivity index (χ4v) is 4.60. The van der Waals surface area contributed by atoms with Gasteiger partial charge in [-0.1, -0.05) is 28.1 Å². The van der Waals surface area contributed by atoms with Gasteiger partial charge in [-0.15, -0.1) is 0 Å². The third-order valence-corrected chi connectivity index (χ3v) is 5.77. The molecule has 2 atom stereocenters. The van der Waals surface area contributed by atoms with Crippen LogP contribution in [0.4, 0.5) is 0 Å². The Bertz CT molecular complexity index is 373. The molecular formula is C14H19BrO2S. The second kappa shape index (κ2) is 7.29. The Kier molecular flexibility index (Phi) is 5.70. The van der Waals surface area contributed by atoms with Crippen LogP contribution in [0.5, 0.6) is 11.5 Å². The first kappa shape index (κ1) is 14.1. The van der Waals surface area contributed by atoms with Crippen molar-refractivity contribution in [1.82, 2.24) is 0 Å². The van der Waals surface area contributed by atoms with E-state index in [0.29, 0.717) is 11.4 Å². The molecule has 2 nitrogen and oxygen atoms in total. The maximum absolute atomic E-state index is 5.84. The minimum absolute atomic E-state index is 0.647. The van der Waals surface area contributed by atoms with Crippen molar-refractivity contribution in [2.45, 2.75) is 18.2 Å². The van der Waals surface area contributed by atoms with Crippen LogP contribution in [0, 0.1) is 5.92 Å². The van der Waals surface area contributed by atoms with Crippen molar-refractivity contribution >= 4 is 27.7 Å². The summed E-state index contributed by atoms with van der Waals surface area (Å²) >= 11 is 5.75. The highest BCUT2D eigenvalue weighted by molar-refractivity contribution is 9.09. The number of ether oxygens (including phenoxy) is 2. The van der Waals surface area contributed by atoms with Crippen molar-refractivity contribution in [3.05, 3.63) is 24.3 Å². The summed E-state index contributed by atoms with van der Waals surface area (Å²) in [7, 11) is 0. The molecule has 2 rings (SSSR count). The highest BCUT2D eigenvalue weighted by Gasteiger charge is 2.25. The van der Waals surface area contributed by atoms with E-state index in [2.05, 4.69) is 15.9 Å². The van der Waals surface area contributed by atoms with E-state index in [9.17, 15) is 0 Å². The lowest BCUT2D eigenvalue weighted by Gasteiger charge is -2.15. The van der Waals surface area contributed by atoms with Gasteiger partial charge in [0.25, 0.3) is 0 Å². The largest absolute Gasteiger partial charge is 0.490 e. The van der Waals surface area contributed by atoms with E-state index < -0.39 is 0 Å². The van der Waals surface area contributed by atoms with Crippen LogP contribution in [0.3, 0.4) is 0 Å². The quantitative estimate of drug-likeness (QED) is 0.735. The molecule has 0 spiro atoms. The number of hydrogen-bond acceptors (Lipinski definition) is 3. The van der Waals surface area contributed by atoms with Gasteiger partial charge in [0.2, 0.25) is 0 Å². The van der Waals surface area contributed by atoms with Crippen LogP contribution in [-0.2, 0) is 0 Å². The van der Waals surface area contributed by atoms with Crippen molar-refractivity contribution in [2.24, 2.45) is 5.92 Å². The summed E-state index contributed by atoms with van der Waals surface area (Å²) in [5.74, 6) is 4.90. The van der Waals surface area contributed by atoms with Crippen molar-refractivity contribution < 1.29 is 9.47 Å². The summed E-state index contributed by atoms with van der Waals surface area (Å²) in [6.07, 6.45) is 1.10. The van der Waals surface area contributed by atoms with Gasteiger partial charge in [0.05, 0.1) is 13.2 Å². The molecule has 0 amide bonds. The number of benzene rings is 1. The summed E-state index contributed by atoms with van der Waals surface area (Å²) in [5.41, 5.74) is 0. The zero-order valence-electron chi connectivity index (χ0n) is 10.6. The summed E-state index contributed by atoms with van der Waals surface area (Å²) < 4.78 is 11.4. The molecule has 0 radical (unpaired) electrons. The van der Waals surface area contributed by atoms with Crippen molar-refractivity contribution in [3.63, 3.8) is 0 Å². The molecule has 1 aromatic carbocycles. The Balaban J connectivity index is 1.82. The first-order valence-electron chi connectivity index (χ1n) is 6.37. The van der Waals surface area contributed by atoms with Crippen LogP contribution in [0.1, 0.15) is 13.3 Å². The topological polar surface area (TPSA) is 18.5 Å². The predicted molar refractivity (Wildman–Crippen MR) is 81.3 cm³/mol. The summed E-state index contributed by atoms with van der Waals surface area (Å²) in [6.45, 7) is 3.42. The van der Waals surface area contributed by atoms with Crippen LogP contribution >= 0.6 is 27.7 Å². The van der Waals surface area contributed by atoms with Gasteiger partial charge in [0.1, 0.15) is 0 Å². The van der Waals surface area contributed by atoms with Gasteiger partial charge in [-0.3, -0.25) is 0 Å². The Morgan fingerprint density at radius 3 is 2.56 bits per heavy atom. The fourth-order valence-electron chi connectivity index (χ4n) is 2.00. The van der Waals surface area contributed by atoms with Gasteiger partial charge in [-0.05, 0) is 37.1 Å². The zero-order valence-corrected chi connectivity index (χ0v) is 13.0. The third-order valence-electron chi connectivity index (χ3n) is 3.02. The molecule has 1 heterocycles. The summed E-state index contributed by atoms with van der Waals surface area (Å²) in [6, 6.07) is 7.88. The minimum Gasteiger partial charge on any atom is -0.490 e. The summed E-state index contributed by atoms with van der Waals surface area (Å²) in [4.78, 5) is 0.647. The standard InChI is InChI=1S/C14H19BrO2S/c1-2-16-13-5-3-4-6-14(13)17-8-7-11-9-18-10-12(11)15/h3-6,11-12H,2,7-10H2,1H3. The van der Waals surface area contributed by atoms with E-state index in [1.165, 1.54) is 11.5 Å². The van der Waals surface area contributed by atoms with E-state index in [1.54, 1.807) is 0 Å². The Morgan fingerprint density at radius 1 is 1.22 bits per heavy atom. The van der Waals surface area contributed by atoms with E-state index in [4.69, 9.17) is 9.47 Å². The molecule has 1 saturated heterocycles. The second-order valence-corrected chi connectivity index (χ2v) is 6.58. The maximum Gasteiger partial charge on any atom is 0.161 e. The number of para-hydroxylation sites is 2. The highest BCUT2D eigenvalue weighted by atomic mass is 79.9. The molecule has 0 bridgehead atoms. The molecule has 0 saturated carbocycles. The van der Waals surface area contributed by atoms with E-state index in [0.717, 1.165) is 30.4 Å². The number of rotatable bonds is 6. The smallest absolute Gasteiger partial charge is 0.161 e. The zero-order chi connectivity index (χ0) is 12.8.